The van der Waals surface area contributed by atoms with Crippen LogP contribution in [0.5, 0.6) is 0 Å². The van der Waals surface area contributed by atoms with Gasteiger partial charge in [-0.2, -0.15) is 5.10 Å². The SMILES string of the molecule is C=CCn1c(Cc2csc(NC(=O)c3ccc(NC(=O)c4ccccc4)cc3)n2)n[nH]c1=S. The van der Waals surface area contributed by atoms with Crippen LogP contribution in [0.1, 0.15) is 32.2 Å². The summed E-state index contributed by atoms with van der Waals surface area (Å²) in [6.45, 7) is 4.29. The van der Waals surface area contributed by atoms with Gasteiger partial charge in [-0.1, -0.05) is 24.3 Å². The molecule has 0 bridgehead atoms. The number of nitrogens with one attached hydrogen (secondary N) is 3. The summed E-state index contributed by atoms with van der Waals surface area (Å²) in [5.74, 6) is 0.250. The van der Waals surface area contributed by atoms with Crippen molar-refractivity contribution in [1.82, 2.24) is 19.7 Å². The molecule has 4 aromatic rings. The molecular formula is C23H20N6O2S2. The van der Waals surface area contributed by atoms with Crippen molar-refractivity contribution in [3.8, 4) is 0 Å². The Morgan fingerprint density at radius 3 is 2.48 bits per heavy atom. The standard InChI is InChI=1S/C23H20N6O2S2/c1-2-12-29-19(27-28-23(29)32)13-18-14-33-22(25-18)26-21(31)16-8-10-17(11-9-16)24-20(30)15-6-4-3-5-7-15/h2-11,14H,1,12-13H2,(H,24,30)(H,28,32)(H,25,26,31). The van der Waals surface area contributed by atoms with E-state index in [2.05, 4.69) is 32.4 Å². The number of hydrogen-bond donors (Lipinski definition) is 3. The van der Waals surface area contributed by atoms with Crippen molar-refractivity contribution in [3.63, 3.8) is 0 Å². The average molecular weight is 477 g/mol. The maximum atomic E-state index is 12.6. The third-order valence-electron chi connectivity index (χ3n) is 4.70. The number of aromatic nitrogens is 4. The highest BCUT2D eigenvalue weighted by Crippen LogP contribution is 2.19. The lowest BCUT2D eigenvalue weighted by Gasteiger charge is -2.06. The molecule has 8 nitrogen and oxygen atoms in total. The highest BCUT2D eigenvalue weighted by molar-refractivity contribution is 7.71. The fourth-order valence-electron chi connectivity index (χ4n) is 3.08. The van der Waals surface area contributed by atoms with Gasteiger partial charge < -0.3 is 5.32 Å². The number of aromatic amines is 1. The molecule has 33 heavy (non-hydrogen) atoms. The molecule has 0 saturated carbocycles. The molecule has 0 aliphatic carbocycles. The lowest BCUT2D eigenvalue weighted by molar-refractivity contribution is 0.102. The number of amides is 2. The quantitative estimate of drug-likeness (QED) is 0.253. The van der Waals surface area contributed by atoms with Crippen LogP contribution in [0.3, 0.4) is 0 Å². The lowest BCUT2D eigenvalue weighted by Crippen LogP contribution is -2.13. The fourth-order valence-corrected chi connectivity index (χ4v) is 4.01. The van der Waals surface area contributed by atoms with Crippen LogP contribution in [-0.4, -0.2) is 31.6 Å². The number of thiazole rings is 1. The van der Waals surface area contributed by atoms with Crippen LogP contribution in [0.25, 0.3) is 0 Å². The zero-order valence-corrected chi connectivity index (χ0v) is 19.1. The molecule has 0 saturated heterocycles. The van der Waals surface area contributed by atoms with E-state index in [1.165, 1.54) is 11.3 Å². The van der Waals surface area contributed by atoms with Crippen LogP contribution in [-0.2, 0) is 13.0 Å². The van der Waals surface area contributed by atoms with Crippen LogP contribution >= 0.6 is 23.6 Å². The first kappa shape index (κ1) is 22.3. The largest absolute Gasteiger partial charge is 0.322 e. The predicted molar refractivity (Wildman–Crippen MR) is 131 cm³/mol. The Kier molecular flexibility index (Phi) is 6.86. The summed E-state index contributed by atoms with van der Waals surface area (Å²) in [7, 11) is 0. The number of carbonyl (C=O) groups is 2. The molecule has 0 unspecified atom stereocenters. The number of carbonyl (C=O) groups excluding carboxylic acids is 2. The number of benzene rings is 2. The van der Waals surface area contributed by atoms with Gasteiger partial charge in [0, 0.05) is 28.7 Å². The maximum Gasteiger partial charge on any atom is 0.257 e. The molecule has 0 aliphatic heterocycles. The van der Waals surface area contributed by atoms with Crippen molar-refractivity contribution in [1.29, 1.82) is 0 Å². The minimum absolute atomic E-state index is 0.211. The van der Waals surface area contributed by atoms with E-state index < -0.39 is 0 Å². The highest BCUT2D eigenvalue weighted by atomic mass is 32.1. The van der Waals surface area contributed by atoms with E-state index in [1.807, 2.05) is 16.0 Å². The van der Waals surface area contributed by atoms with Gasteiger partial charge in [-0.05, 0) is 48.6 Å². The molecule has 0 radical (unpaired) electrons. The Morgan fingerprint density at radius 1 is 1.06 bits per heavy atom. The first-order valence-corrected chi connectivity index (χ1v) is 11.3. The van der Waals surface area contributed by atoms with Crippen LogP contribution in [0.15, 0.2) is 72.6 Å². The molecule has 2 amide bonds. The summed E-state index contributed by atoms with van der Waals surface area (Å²) in [5.41, 5.74) is 2.39. The van der Waals surface area contributed by atoms with Gasteiger partial charge in [0.2, 0.25) is 0 Å². The Bertz CT molecular complexity index is 1340. The number of rotatable bonds is 8. The molecule has 10 heteroatoms. The number of allylic oxidation sites excluding steroid dienone is 1. The molecular weight excluding hydrogens is 456 g/mol. The number of anilines is 2. The molecule has 0 fully saturated rings. The highest BCUT2D eigenvalue weighted by Gasteiger charge is 2.13. The van der Waals surface area contributed by atoms with Gasteiger partial charge in [-0.3, -0.25) is 24.6 Å². The second kappa shape index (κ2) is 10.2. The van der Waals surface area contributed by atoms with E-state index in [9.17, 15) is 9.59 Å². The second-order valence-corrected chi connectivity index (χ2v) is 8.26. The summed E-state index contributed by atoms with van der Waals surface area (Å²) in [6.07, 6.45) is 2.23. The van der Waals surface area contributed by atoms with Crippen LogP contribution < -0.4 is 10.6 Å². The van der Waals surface area contributed by atoms with Crippen molar-refractivity contribution in [2.24, 2.45) is 0 Å². The van der Waals surface area contributed by atoms with Crippen molar-refractivity contribution < 1.29 is 9.59 Å². The molecule has 0 spiro atoms. The van der Waals surface area contributed by atoms with Gasteiger partial charge in [0.05, 0.1) is 12.1 Å². The van der Waals surface area contributed by atoms with Gasteiger partial charge in [0.25, 0.3) is 11.8 Å². The maximum absolute atomic E-state index is 12.6. The minimum Gasteiger partial charge on any atom is -0.322 e. The monoisotopic (exact) mass is 476 g/mol. The first-order valence-electron chi connectivity index (χ1n) is 10.0. The van der Waals surface area contributed by atoms with Crippen LogP contribution in [0.2, 0.25) is 0 Å². The summed E-state index contributed by atoms with van der Waals surface area (Å²) in [6, 6.07) is 15.6. The normalized spacial score (nSPS) is 10.5. The second-order valence-electron chi connectivity index (χ2n) is 7.02. The van der Waals surface area contributed by atoms with E-state index in [0.717, 1.165) is 11.5 Å². The summed E-state index contributed by atoms with van der Waals surface area (Å²) >= 11 is 6.56. The number of H-pyrrole nitrogens is 1. The van der Waals surface area contributed by atoms with E-state index in [1.54, 1.807) is 54.6 Å². The van der Waals surface area contributed by atoms with Crippen molar-refractivity contribution in [2.75, 3.05) is 10.6 Å². The van der Waals surface area contributed by atoms with Gasteiger partial charge in [0.15, 0.2) is 9.90 Å². The Morgan fingerprint density at radius 2 is 1.76 bits per heavy atom. The van der Waals surface area contributed by atoms with Gasteiger partial charge in [-0.25, -0.2) is 4.98 Å². The molecule has 2 aromatic heterocycles. The van der Waals surface area contributed by atoms with Gasteiger partial charge in [0.1, 0.15) is 5.82 Å². The minimum atomic E-state index is -0.286. The molecule has 2 aromatic carbocycles. The molecule has 166 valence electrons. The number of hydrogen-bond acceptors (Lipinski definition) is 6. The molecule has 2 heterocycles. The van der Waals surface area contributed by atoms with Crippen LogP contribution in [0, 0.1) is 4.77 Å². The third kappa shape index (κ3) is 5.48. The number of nitrogens with zero attached hydrogens (tertiary/aromatic N) is 3. The van der Waals surface area contributed by atoms with E-state index in [-0.39, 0.29) is 11.8 Å². The lowest BCUT2D eigenvalue weighted by atomic mass is 10.1. The summed E-state index contributed by atoms with van der Waals surface area (Å²) in [5, 5.41) is 15.0. The molecule has 4 rings (SSSR count). The molecule has 3 N–H and O–H groups in total. The summed E-state index contributed by atoms with van der Waals surface area (Å²) in [4.78, 5) is 29.3. The van der Waals surface area contributed by atoms with E-state index >= 15 is 0 Å². The van der Waals surface area contributed by atoms with Crippen molar-refractivity contribution >= 4 is 46.2 Å². The van der Waals surface area contributed by atoms with Gasteiger partial charge in [-0.15, -0.1) is 17.9 Å². The summed E-state index contributed by atoms with van der Waals surface area (Å²) < 4.78 is 2.37. The molecule has 0 atom stereocenters. The zero-order valence-electron chi connectivity index (χ0n) is 17.4. The predicted octanol–water partition coefficient (Wildman–Crippen LogP) is 4.68. The smallest absolute Gasteiger partial charge is 0.257 e. The molecule has 0 aliphatic rings. The fraction of sp³-hybridized carbons (Fsp3) is 0.0870. The first-order chi connectivity index (χ1) is 16.0. The van der Waals surface area contributed by atoms with Crippen molar-refractivity contribution in [2.45, 2.75) is 13.0 Å². The van der Waals surface area contributed by atoms with E-state index in [4.69, 9.17) is 12.2 Å². The van der Waals surface area contributed by atoms with Crippen LogP contribution in [0.4, 0.5) is 10.8 Å². The topological polar surface area (TPSA) is 105 Å². The van der Waals surface area contributed by atoms with E-state index in [0.29, 0.717) is 39.7 Å². The Balaban J connectivity index is 1.37. The third-order valence-corrected chi connectivity index (χ3v) is 5.82. The Hall–Kier alpha value is -3.89. The van der Waals surface area contributed by atoms with Crippen molar-refractivity contribution in [3.05, 3.63) is 100 Å². The zero-order chi connectivity index (χ0) is 23.2. The van der Waals surface area contributed by atoms with Gasteiger partial charge >= 0.3 is 0 Å². The average Bonchev–Trinajstić information content (AvgIpc) is 3.41. The Labute approximate surface area is 199 Å².